The molecule has 0 amide bonds. The Labute approximate surface area is 151 Å². The van der Waals surface area contributed by atoms with Crippen molar-refractivity contribution in [2.24, 2.45) is 0 Å². The van der Waals surface area contributed by atoms with Crippen molar-refractivity contribution in [3.63, 3.8) is 0 Å². The molecule has 0 radical (unpaired) electrons. The van der Waals surface area contributed by atoms with E-state index in [0.29, 0.717) is 17.1 Å². The maximum absolute atomic E-state index is 13.2. The highest BCUT2D eigenvalue weighted by atomic mass is 16.5. The molecule has 0 unspecified atom stereocenters. The SMILES string of the molecule is CCOC(=O)c1ccc(-c2ccccc2)n(-c2ccccc2OC)c1=O. The van der Waals surface area contributed by atoms with Gasteiger partial charge >= 0.3 is 5.97 Å². The molecule has 0 aliphatic heterocycles. The van der Waals surface area contributed by atoms with E-state index in [1.807, 2.05) is 42.5 Å². The molecule has 1 heterocycles. The van der Waals surface area contributed by atoms with Gasteiger partial charge in [-0.1, -0.05) is 42.5 Å². The Balaban J connectivity index is 2.32. The van der Waals surface area contributed by atoms with Gasteiger partial charge in [-0.25, -0.2) is 4.79 Å². The minimum absolute atomic E-state index is 0.0163. The minimum Gasteiger partial charge on any atom is -0.495 e. The molecule has 0 atom stereocenters. The number of carbonyl (C=O) groups excluding carboxylic acids is 1. The van der Waals surface area contributed by atoms with Crippen molar-refractivity contribution in [2.45, 2.75) is 6.92 Å². The first-order valence-corrected chi connectivity index (χ1v) is 8.29. The summed E-state index contributed by atoms with van der Waals surface area (Å²) in [4.78, 5) is 25.3. The zero-order chi connectivity index (χ0) is 18.5. The monoisotopic (exact) mass is 349 g/mol. The lowest BCUT2D eigenvalue weighted by Gasteiger charge is -2.17. The van der Waals surface area contributed by atoms with Crippen molar-refractivity contribution in [1.82, 2.24) is 4.57 Å². The molecule has 3 rings (SSSR count). The number of nitrogens with zero attached hydrogens (tertiary/aromatic N) is 1. The summed E-state index contributed by atoms with van der Waals surface area (Å²) in [5.74, 6) is -0.103. The van der Waals surface area contributed by atoms with Crippen LogP contribution in [0.2, 0.25) is 0 Å². The largest absolute Gasteiger partial charge is 0.495 e. The van der Waals surface area contributed by atoms with Gasteiger partial charge in [-0.2, -0.15) is 0 Å². The Kier molecular flexibility index (Phi) is 5.17. The molecular formula is C21H19NO4. The summed E-state index contributed by atoms with van der Waals surface area (Å²) in [6.45, 7) is 1.91. The summed E-state index contributed by atoms with van der Waals surface area (Å²) < 4.78 is 11.9. The molecule has 26 heavy (non-hydrogen) atoms. The predicted molar refractivity (Wildman–Crippen MR) is 100.0 cm³/mol. The van der Waals surface area contributed by atoms with Crippen molar-refractivity contribution < 1.29 is 14.3 Å². The molecule has 3 aromatic rings. The molecule has 0 saturated carbocycles. The van der Waals surface area contributed by atoms with Gasteiger partial charge in [0.15, 0.2) is 0 Å². The number of carbonyl (C=O) groups is 1. The molecular weight excluding hydrogens is 330 g/mol. The van der Waals surface area contributed by atoms with Gasteiger partial charge in [0.05, 0.1) is 25.1 Å². The molecule has 0 fully saturated rings. The van der Waals surface area contributed by atoms with Crippen LogP contribution >= 0.6 is 0 Å². The first-order valence-electron chi connectivity index (χ1n) is 8.29. The molecule has 0 aliphatic carbocycles. The van der Waals surface area contributed by atoms with E-state index in [9.17, 15) is 9.59 Å². The lowest BCUT2D eigenvalue weighted by molar-refractivity contribution is 0.0524. The van der Waals surface area contributed by atoms with E-state index in [1.54, 1.807) is 32.2 Å². The lowest BCUT2D eigenvalue weighted by Crippen LogP contribution is -2.27. The summed E-state index contributed by atoms with van der Waals surface area (Å²) in [5, 5.41) is 0. The number of esters is 1. The van der Waals surface area contributed by atoms with Gasteiger partial charge in [-0.3, -0.25) is 9.36 Å². The van der Waals surface area contributed by atoms with Crippen LogP contribution in [0, 0.1) is 0 Å². The van der Waals surface area contributed by atoms with Crippen LogP contribution in [0.15, 0.2) is 71.5 Å². The Bertz CT molecular complexity index is 977. The van der Waals surface area contributed by atoms with Crippen molar-refractivity contribution in [2.75, 3.05) is 13.7 Å². The quantitative estimate of drug-likeness (QED) is 0.659. The molecule has 0 spiro atoms. The number of pyridine rings is 1. The fourth-order valence-corrected chi connectivity index (χ4v) is 2.79. The van der Waals surface area contributed by atoms with Crippen LogP contribution in [0.1, 0.15) is 17.3 Å². The number of aromatic nitrogens is 1. The number of methoxy groups -OCH3 is 1. The Hall–Kier alpha value is -3.34. The molecule has 5 nitrogen and oxygen atoms in total. The maximum Gasteiger partial charge on any atom is 0.343 e. The first-order chi connectivity index (χ1) is 12.7. The van der Waals surface area contributed by atoms with Crippen LogP contribution in [0.4, 0.5) is 0 Å². The van der Waals surface area contributed by atoms with Gasteiger partial charge in [0.1, 0.15) is 11.3 Å². The van der Waals surface area contributed by atoms with Gasteiger partial charge < -0.3 is 9.47 Å². The van der Waals surface area contributed by atoms with Gasteiger partial charge in [-0.15, -0.1) is 0 Å². The number of hydrogen-bond acceptors (Lipinski definition) is 4. The molecule has 0 N–H and O–H groups in total. The highest BCUT2D eigenvalue weighted by molar-refractivity contribution is 5.89. The number of hydrogen-bond donors (Lipinski definition) is 0. The van der Waals surface area contributed by atoms with E-state index in [4.69, 9.17) is 9.47 Å². The number of para-hydroxylation sites is 2. The third-order valence-corrected chi connectivity index (χ3v) is 3.97. The predicted octanol–water partition coefficient (Wildman–Crippen LogP) is 3.69. The summed E-state index contributed by atoms with van der Waals surface area (Å²) in [5.41, 5.74) is 1.61. The smallest absolute Gasteiger partial charge is 0.343 e. The minimum atomic E-state index is -0.638. The Morgan fingerprint density at radius 2 is 1.65 bits per heavy atom. The van der Waals surface area contributed by atoms with Crippen LogP contribution in [0.5, 0.6) is 5.75 Å². The summed E-state index contributed by atoms with van der Waals surface area (Å²) in [7, 11) is 1.54. The van der Waals surface area contributed by atoms with Gasteiger partial charge in [0.25, 0.3) is 5.56 Å². The van der Waals surface area contributed by atoms with E-state index in [-0.39, 0.29) is 12.2 Å². The average Bonchev–Trinajstić information content (AvgIpc) is 2.68. The van der Waals surface area contributed by atoms with Gasteiger partial charge in [-0.05, 0) is 36.8 Å². The van der Waals surface area contributed by atoms with Crippen molar-refractivity contribution in [1.29, 1.82) is 0 Å². The lowest BCUT2D eigenvalue weighted by atomic mass is 10.1. The highest BCUT2D eigenvalue weighted by Crippen LogP contribution is 2.27. The second kappa shape index (κ2) is 7.70. The fraction of sp³-hybridized carbons (Fsp3) is 0.143. The van der Waals surface area contributed by atoms with Crippen LogP contribution in [0.3, 0.4) is 0 Å². The van der Waals surface area contributed by atoms with Crippen molar-refractivity contribution in [3.05, 3.63) is 82.6 Å². The van der Waals surface area contributed by atoms with Gasteiger partial charge in [0.2, 0.25) is 0 Å². The van der Waals surface area contributed by atoms with E-state index in [0.717, 1.165) is 5.56 Å². The Morgan fingerprint density at radius 1 is 0.962 bits per heavy atom. The normalized spacial score (nSPS) is 10.4. The topological polar surface area (TPSA) is 57.5 Å². The average molecular weight is 349 g/mol. The van der Waals surface area contributed by atoms with Crippen LogP contribution in [0.25, 0.3) is 16.9 Å². The third-order valence-electron chi connectivity index (χ3n) is 3.97. The molecule has 5 heteroatoms. The van der Waals surface area contributed by atoms with E-state index >= 15 is 0 Å². The zero-order valence-corrected chi connectivity index (χ0v) is 14.6. The summed E-state index contributed by atoms with van der Waals surface area (Å²) in [6, 6.07) is 20.0. The molecule has 0 saturated heterocycles. The van der Waals surface area contributed by atoms with Crippen molar-refractivity contribution in [3.8, 4) is 22.7 Å². The standard InChI is InChI=1S/C21H19NO4/c1-3-26-21(24)16-13-14-17(15-9-5-4-6-10-15)22(20(16)23)18-11-7-8-12-19(18)25-2/h4-14H,3H2,1-2H3. The van der Waals surface area contributed by atoms with E-state index < -0.39 is 11.5 Å². The zero-order valence-electron chi connectivity index (χ0n) is 14.6. The summed E-state index contributed by atoms with van der Waals surface area (Å²) >= 11 is 0. The van der Waals surface area contributed by atoms with E-state index in [1.165, 1.54) is 10.6 Å². The number of ether oxygens (including phenoxy) is 2. The number of benzene rings is 2. The molecule has 1 aromatic heterocycles. The molecule has 2 aromatic carbocycles. The summed E-state index contributed by atoms with van der Waals surface area (Å²) in [6.07, 6.45) is 0. The second-order valence-corrected chi connectivity index (χ2v) is 5.53. The number of rotatable bonds is 5. The third kappa shape index (κ3) is 3.24. The second-order valence-electron chi connectivity index (χ2n) is 5.53. The van der Waals surface area contributed by atoms with Gasteiger partial charge in [0, 0.05) is 0 Å². The van der Waals surface area contributed by atoms with E-state index in [2.05, 4.69) is 0 Å². The molecule has 132 valence electrons. The molecule has 0 bridgehead atoms. The highest BCUT2D eigenvalue weighted by Gasteiger charge is 2.19. The van der Waals surface area contributed by atoms with Crippen molar-refractivity contribution >= 4 is 5.97 Å². The first kappa shape index (κ1) is 17.5. The fourth-order valence-electron chi connectivity index (χ4n) is 2.79. The molecule has 0 aliphatic rings. The van der Waals surface area contributed by atoms with Crippen LogP contribution in [-0.4, -0.2) is 24.3 Å². The van der Waals surface area contributed by atoms with Crippen LogP contribution < -0.4 is 10.3 Å². The van der Waals surface area contributed by atoms with Crippen LogP contribution in [-0.2, 0) is 4.74 Å². The maximum atomic E-state index is 13.2. The Morgan fingerprint density at radius 3 is 2.35 bits per heavy atom.